The zero-order valence-corrected chi connectivity index (χ0v) is 2.99. The van der Waals surface area contributed by atoms with Crippen molar-refractivity contribution < 1.29 is 0 Å². The molecule has 0 spiro atoms. The van der Waals surface area contributed by atoms with Gasteiger partial charge in [0.25, 0.3) is 0 Å². The fraction of sp³-hybridized carbons (Fsp3) is 0.250. The first kappa shape index (κ1) is 4.52. The Morgan fingerprint density at radius 2 is 2.60 bits per heavy atom. The van der Waals surface area contributed by atoms with Crippen molar-refractivity contribution in [3.05, 3.63) is 7.05 Å². The second kappa shape index (κ2) is 3.52. The molecule has 0 aromatic carbocycles. The van der Waals surface area contributed by atoms with Crippen LogP contribution in [0, 0.1) is 19.4 Å². The summed E-state index contributed by atoms with van der Waals surface area (Å²) in [5, 5.41) is 2.53. The summed E-state index contributed by atoms with van der Waals surface area (Å²) in [6.07, 6.45) is 4.79. The van der Waals surface area contributed by atoms with E-state index < -0.39 is 0 Å². The molecule has 0 rings (SSSR count). The van der Waals surface area contributed by atoms with Crippen LogP contribution in [0.25, 0.3) is 0 Å². The number of hydrogen-bond acceptors (Lipinski definition) is 1. The van der Waals surface area contributed by atoms with Gasteiger partial charge >= 0.3 is 0 Å². The minimum Gasteiger partial charge on any atom is -0.305 e. The SMILES string of the molecule is C#CCN[CH2]. The van der Waals surface area contributed by atoms with Crippen LogP contribution in [-0.2, 0) is 0 Å². The van der Waals surface area contributed by atoms with Crippen molar-refractivity contribution in [2.24, 2.45) is 0 Å². The monoisotopic (exact) mass is 68.1 g/mol. The highest BCUT2D eigenvalue weighted by Crippen LogP contribution is 1.40. The second-order valence-corrected chi connectivity index (χ2v) is 0.631. The summed E-state index contributed by atoms with van der Waals surface area (Å²) < 4.78 is 0. The lowest BCUT2D eigenvalue weighted by atomic mass is 10.7. The minimum atomic E-state index is 0.556. The second-order valence-electron chi connectivity index (χ2n) is 0.631. The summed E-state index contributed by atoms with van der Waals surface area (Å²) >= 11 is 0. The molecule has 0 aliphatic rings. The molecular formula is C4H6N. The molecule has 5 heavy (non-hydrogen) atoms. The van der Waals surface area contributed by atoms with E-state index >= 15 is 0 Å². The molecule has 0 heterocycles. The van der Waals surface area contributed by atoms with Crippen molar-refractivity contribution >= 4 is 0 Å². The summed E-state index contributed by atoms with van der Waals surface area (Å²) in [5.74, 6) is 2.34. The molecule has 0 aromatic rings. The van der Waals surface area contributed by atoms with Crippen LogP contribution in [0.5, 0.6) is 0 Å². The quantitative estimate of drug-likeness (QED) is 0.426. The molecule has 1 nitrogen and oxygen atoms in total. The zero-order valence-electron chi connectivity index (χ0n) is 2.99. The van der Waals surface area contributed by atoms with Crippen molar-refractivity contribution in [1.82, 2.24) is 5.32 Å². The molecule has 0 atom stereocenters. The van der Waals surface area contributed by atoms with Crippen LogP contribution in [0.15, 0.2) is 0 Å². The van der Waals surface area contributed by atoms with Crippen LogP contribution in [-0.4, -0.2) is 6.54 Å². The molecule has 0 aliphatic carbocycles. The highest BCUT2D eigenvalue weighted by atomic mass is 14.8. The predicted molar refractivity (Wildman–Crippen MR) is 22.2 cm³/mol. The molecule has 0 saturated carbocycles. The molecule has 1 N–H and O–H groups in total. The van der Waals surface area contributed by atoms with Gasteiger partial charge in [-0.3, -0.25) is 0 Å². The Balaban J connectivity index is 2.48. The van der Waals surface area contributed by atoms with Gasteiger partial charge in [0.15, 0.2) is 0 Å². The van der Waals surface area contributed by atoms with E-state index in [9.17, 15) is 0 Å². The van der Waals surface area contributed by atoms with Crippen molar-refractivity contribution in [2.45, 2.75) is 0 Å². The van der Waals surface area contributed by atoms with E-state index in [1.807, 2.05) is 0 Å². The van der Waals surface area contributed by atoms with Gasteiger partial charge in [0, 0.05) is 7.05 Å². The van der Waals surface area contributed by atoms with Crippen LogP contribution in [0.1, 0.15) is 0 Å². The average Bonchev–Trinajstić information content (AvgIpc) is 1.41. The summed E-state index contributed by atoms with van der Waals surface area (Å²) in [4.78, 5) is 0. The highest BCUT2D eigenvalue weighted by molar-refractivity contribution is 4.85. The van der Waals surface area contributed by atoms with Gasteiger partial charge in [0.2, 0.25) is 0 Å². The maximum atomic E-state index is 4.79. The summed E-state index contributed by atoms with van der Waals surface area (Å²) in [5.41, 5.74) is 0. The molecule has 1 radical (unpaired) electrons. The first-order valence-corrected chi connectivity index (χ1v) is 1.35. The van der Waals surface area contributed by atoms with E-state index in [0.717, 1.165) is 0 Å². The van der Waals surface area contributed by atoms with Gasteiger partial charge in [-0.25, -0.2) is 0 Å². The van der Waals surface area contributed by atoms with Crippen LogP contribution in [0.3, 0.4) is 0 Å². The molecule has 0 bridgehead atoms. The Hall–Kier alpha value is -0.480. The van der Waals surface area contributed by atoms with Crippen molar-refractivity contribution in [3.8, 4) is 12.3 Å². The topological polar surface area (TPSA) is 12.0 Å². The molecule has 1 heteroatoms. The normalized spacial score (nSPS) is 6.40. The van der Waals surface area contributed by atoms with Gasteiger partial charge < -0.3 is 5.32 Å². The summed E-state index contributed by atoms with van der Waals surface area (Å²) in [6.45, 7) is 0.556. The standard InChI is InChI=1S/C4H6N/c1-3-4-5-2/h1,5H,2,4H2. The fourth-order valence-electron chi connectivity index (χ4n) is 0.0722. The Kier molecular flexibility index (Phi) is 3.18. The van der Waals surface area contributed by atoms with E-state index in [-0.39, 0.29) is 0 Å². The number of nitrogens with one attached hydrogen (secondary N) is 1. The van der Waals surface area contributed by atoms with Crippen molar-refractivity contribution in [1.29, 1.82) is 0 Å². The first-order valence-electron chi connectivity index (χ1n) is 1.35. The molecule has 0 aliphatic heterocycles. The van der Waals surface area contributed by atoms with Crippen LogP contribution in [0.4, 0.5) is 0 Å². The Labute approximate surface area is 32.4 Å². The van der Waals surface area contributed by atoms with Gasteiger partial charge in [-0.05, 0) is 0 Å². The fourth-order valence-corrected chi connectivity index (χ4v) is 0.0722. The van der Waals surface area contributed by atoms with Crippen LogP contribution >= 0.6 is 0 Å². The highest BCUT2D eigenvalue weighted by Gasteiger charge is 1.56. The Morgan fingerprint density at radius 1 is 2.00 bits per heavy atom. The van der Waals surface area contributed by atoms with E-state index in [2.05, 4.69) is 18.3 Å². The summed E-state index contributed by atoms with van der Waals surface area (Å²) in [7, 11) is 3.28. The number of terminal acetylenes is 1. The molecule has 0 aromatic heterocycles. The lowest BCUT2D eigenvalue weighted by molar-refractivity contribution is 1.01. The van der Waals surface area contributed by atoms with E-state index in [4.69, 9.17) is 6.42 Å². The maximum absolute atomic E-state index is 4.79. The van der Waals surface area contributed by atoms with Gasteiger partial charge in [0.1, 0.15) is 0 Å². The minimum absolute atomic E-state index is 0.556. The predicted octanol–water partition coefficient (Wildman–Crippen LogP) is 0.000790. The maximum Gasteiger partial charge on any atom is 0.0574 e. The molecule has 27 valence electrons. The third-order valence-electron chi connectivity index (χ3n) is 0.227. The molecule has 0 unspecified atom stereocenters. The van der Waals surface area contributed by atoms with E-state index in [1.54, 1.807) is 0 Å². The largest absolute Gasteiger partial charge is 0.305 e. The zero-order chi connectivity index (χ0) is 4.12. The van der Waals surface area contributed by atoms with E-state index in [0.29, 0.717) is 6.54 Å². The molecule has 0 fully saturated rings. The number of hydrogen-bond donors (Lipinski definition) is 1. The smallest absolute Gasteiger partial charge is 0.0574 e. The van der Waals surface area contributed by atoms with E-state index in [1.165, 1.54) is 0 Å². The first-order chi connectivity index (χ1) is 2.41. The molecule has 0 saturated heterocycles. The third-order valence-corrected chi connectivity index (χ3v) is 0.227. The Bertz CT molecular complexity index is 42.1. The third kappa shape index (κ3) is 3.52. The van der Waals surface area contributed by atoms with Gasteiger partial charge in [-0.15, -0.1) is 6.42 Å². The van der Waals surface area contributed by atoms with Crippen LogP contribution in [0.2, 0.25) is 0 Å². The Morgan fingerprint density at radius 3 is 2.60 bits per heavy atom. The summed E-state index contributed by atoms with van der Waals surface area (Å²) in [6, 6.07) is 0. The van der Waals surface area contributed by atoms with Crippen LogP contribution < -0.4 is 5.32 Å². The van der Waals surface area contributed by atoms with Crippen molar-refractivity contribution in [3.63, 3.8) is 0 Å². The van der Waals surface area contributed by atoms with Gasteiger partial charge in [-0.2, -0.15) is 0 Å². The van der Waals surface area contributed by atoms with Gasteiger partial charge in [-0.1, -0.05) is 5.92 Å². The molecule has 0 amide bonds. The molecular weight excluding hydrogens is 62.1 g/mol. The number of rotatable bonds is 1. The van der Waals surface area contributed by atoms with Gasteiger partial charge in [0.05, 0.1) is 6.54 Å². The lowest BCUT2D eigenvalue weighted by Gasteiger charge is -1.76. The average molecular weight is 68.1 g/mol. The lowest BCUT2D eigenvalue weighted by Crippen LogP contribution is -1.99. The van der Waals surface area contributed by atoms with Crippen molar-refractivity contribution in [2.75, 3.05) is 6.54 Å².